The second-order valence-corrected chi connectivity index (χ2v) is 4.49. The number of hydrogen-bond donors (Lipinski definition) is 1. The fourth-order valence-electron chi connectivity index (χ4n) is 1.80. The van der Waals surface area contributed by atoms with Gasteiger partial charge in [-0.3, -0.25) is 4.79 Å². The topological polar surface area (TPSA) is 29.1 Å². The van der Waals surface area contributed by atoms with Gasteiger partial charge in [0, 0.05) is 17.7 Å². The summed E-state index contributed by atoms with van der Waals surface area (Å²) >= 11 is 3.11. The molecule has 0 aliphatic carbocycles. The van der Waals surface area contributed by atoms with E-state index in [0.717, 1.165) is 12.1 Å². The number of halogens is 2. The largest absolute Gasteiger partial charge is 0.375 e. The van der Waals surface area contributed by atoms with Crippen LogP contribution in [0.4, 0.5) is 10.1 Å². The van der Waals surface area contributed by atoms with E-state index in [2.05, 4.69) is 21.2 Å². The third-order valence-corrected chi connectivity index (χ3v) is 3.29. The van der Waals surface area contributed by atoms with Crippen LogP contribution in [0.15, 0.2) is 16.6 Å². The molecular weight excluding hydrogens is 261 g/mol. The van der Waals surface area contributed by atoms with Crippen LogP contribution in [0.1, 0.15) is 18.9 Å². The van der Waals surface area contributed by atoms with Gasteiger partial charge in [-0.05, 0) is 34.5 Å². The summed E-state index contributed by atoms with van der Waals surface area (Å²) in [6.45, 7) is 1.94. The van der Waals surface area contributed by atoms with Crippen LogP contribution in [0, 0.1) is 5.82 Å². The maximum Gasteiger partial charge on any atom is 0.159 e. The van der Waals surface area contributed by atoms with E-state index in [-0.39, 0.29) is 24.1 Å². The van der Waals surface area contributed by atoms with Crippen LogP contribution in [0.3, 0.4) is 0 Å². The highest BCUT2D eigenvalue weighted by Crippen LogP contribution is 2.30. The second-order valence-electron chi connectivity index (χ2n) is 3.64. The van der Waals surface area contributed by atoms with Gasteiger partial charge < -0.3 is 5.32 Å². The van der Waals surface area contributed by atoms with Crippen LogP contribution in [0.25, 0.3) is 0 Å². The Morgan fingerprint density at radius 3 is 3.00 bits per heavy atom. The molecule has 0 saturated heterocycles. The Labute approximate surface area is 96.0 Å². The molecule has 1 aliphatic rings. The highest BCUT2D eigenvalue weighted by atomic mass is 79.9. The van der Waals surface area contributed by atoms with Crippen LogP contribution >= 0.6 is 15.9 Å². The molecular formula is C11H11BrFNO. The number of fused-ring (bicyclic) bond motifs is 1. The molecule has 0 bridgehead atoms. The van der Waals surface area contributed by atoms with E-state index in [9.17, 15) is 9.18 Å². The minimum absolute atomic E-state index is 0.0574. The van der Waals surface area contributed by atoms with Crippen molar-refractivity contribution in [3.8, 4) is 0 Å². The van der Waals surface area contributed by atoms with Gasteiger partial charge in [0.2, 0.25) is 0 Å². The number of carbonyl (C=O) groups is 1. The van der Waals surface area contributed by atoms with Crippen molar-refractivity contribution in [1.29, 1.82) is 0 Å². The van der Waals surface area contributed by atoms with Crippen molar-refractivity contribution in [3.05, 3.63) is 28.0 Å². The number of nitrogens with one attached hydrogen (secondary N) is 1. The fraction of sp³-hybridized carbons (Fsp3) is 0.364. The molecule has 4 heteroatoms. The van der Waals surface area contributed by atoms with Crippen molar-refractivity contribution in [2.24, 2.45) is 0 Å². The zero-order chi connectivity index (χ0) is 11.0. The first-order valence-corrected chi connectivity index (χ1v) is 5.69. The Morgan fingerprint density at radius 2 is 2.33 bits per heavy atom. The molecule has 2 rings (SSSR count). The van der Waals surface area contributed by atoms with Crippen molar-refractivity contribution in [3.63, 3.8) is 0 Å². The van der Waals surface area contributed by atoms with Crippen LogP contribution < -0.4 is 5.32 Å². The summed E-state index contributed by atoms with van der Waals surface area (Å²) in [6.07, 6.45) is 0.919. The van der Waals surface area contributed by atoms with Gasteiger partial charge in [0.25, 0.3) is 0 Å². The first kappa shape index (κ1) is 10.6. The molecule has 1 atom stereocenters. The molecule has 1 aromatic carbocycles. The lowest BCUT2D eigenvalue weighted by Crippen LogP contribution is -2.35. The number of ketones is 1. The SMILES string of the molecule is CCC1Nc2ccc(Br)c(F)c2CC1=O. The maximum absolute atomic E-state index is 13.6. The number of carbonyl (C=O) groups excluding carboxylic acids is 1. The minimum atomic E-state index is -0.331. The van der Waals surface area contributed by atoms with E-state index in [1.54, 1.807) is 12.1 Å². The molecule has 15 heavy (non-hydrogen) atoms. The van der Waals surface area contributed by atoms with Crippen molar-refractivity contribution in [2.75, 3.05) is 5.32 Å². The summed E-state index contributed by atoms with van der Waals surface area (Å²) < 4.78 is 14.1. The summed E-state index contributed by atoms with van der Waals surface area (Å²) in [6, 6.07) is 3.29. The van der Waals surface area contributed by atoms with Crippen LogP contribution in [0.5, 0.6) is 0 Å². The standard InChI is InChI=1S/C11H11BrFNO/c1-2-8-10(15)5-6-9(14-8)4-3-7(12)11(6)13/h3-4,8,14H,2,5H2,1H3. The van der Waals surface area contributed by atoms with Crippen molar-refractivity contribution < 1.29 is 9.18 Å². The lowest BCUT2D eigenvalue weighted by Gasteiger charge is -2.25. The predicted octanol–water partition coefficient (Wildman–Crippen LogP) is 2.90. The molecule has 0 spiro atoms. The summed E-state index contributed by atoms with van der Waals surface area (Å²) in [5, 5.41) is 3.05. The molecule has 0 aromatic heterocycles. The predicted molar refractivity (Wildman–Crippen MR) is 60.5 cm³/mol. The lowest BCUT2D eigenvalue weighted by atomic mass is 9.95. The molecule has 1 N–H and O–H groups in total. The number of Topliss-reactive ketones (excluding diaryl/α,β-unsaturated/α-hetero) is 1. The second kappa shape index (κ2) is 3.93. The average molecular weight is 272 g/mol. The summed E-state index contributed by atoms with van der Waals surface area (Å²) in [4.78, 5) is 11.6. The van der Waals surface area contributed by atoms with E-state index >= 15 is 0 Å². The summed E-state index contributed by atoms with van der Waals surface area (Å²) in [7, 11) is 0. The van der Waals surface area contributed by atoms with Gasteiger partial charge in [0.1, 0.15) is 5.82 Å². The number of benzene rings is 1. The first-order chi connectivity index (χ1) is 7.13. The Morgan fingerprint density at radius 1 is 1.60 bits per heavy atom. The normalized spacial score (nSPS) is 19.7. The Hall–Kier alpha value is -0.900. The van der Waals surface area contributed by atoms with Crippen molar-refractivity contribution in [2.45, 2.75) is 25.8 Å². The quantitative estimate of drug-likeness (QED) is 0.851. The first-order valence-electron chi connectivity index (χ1n) is 4.89. The van der Waals surface area contributed by atoms with Gasteiger partial charge in [0.15, 0.2) is 5.78 Å². The fourth-order valence-corrected chi connectivity index (χ4v) is 2.17. The van der Waals surface area contributed by atoms with Gasteiger partial charge in [-0.25, -0.2) is 4.39 Å². The molecule has 80 valence electrons. The molecule has 1 heterocycles. The third kappa shape index (κ3) is 1.78. The van der Waals surface area contributed by atoms with E-state index in [0.29, 0.717) is 10.0 Å². The Kier molecular flexibility index (Phi) is 2.78. The molecule has 0 amide bonds. The number of rotatable bonds is 1. The van der Waals surface area contributed by atoms with Crippen molar-refractivity contribution in [1.82, 2.24) is 0 Å². The van der Waals surface area contributed by atoms with E-state index < -0.39 is 0 Å². The zero-order valence-electron chi connectivity index (χ0n) is 8.31. The molecule has 1 unspecified atom stereocenters. The van der Waals surface area contributed by atoms with Crippen LogP contribution in [0.2, 0.25) is 0 Å². The van der Waals surface area contributed by atoms with Gasteiger partial charge in [-0.2, -0.15) is 0 Å². The highest BCUT2D eigenvalue weighted by Gasteiger charge is 2.26. The average Bonchev–Trinajstić information content (AvgIpc) is 2.24. The van der Waals surface area contributed by atoms with E-state index in [1.165, 1.54) is 0 Å². The van der Waals surface area contributed by atoms with Gasteiger partial charge >= 0.3 is 0 Å². The minimum Gasteiger partial charge on any atom is -0.375 e. The molecule has 0 fully saturated rings. The number of anilines is 1. The smallest absolute Gasteiger partial charge is 0.159 e. The summed E-state index contributed by atoms with van der Waals surface area (Å²) in [5.74, 6) is -0.273. The van der Waals surface area contributed by atoms with Gasteiger partial charge in [-0.1, -0.05) is 6.92 Å². The molecule has 0 saturated carbocycles. The molecule has 2 nitrogen and oxygen atoms in total. The number of hydrogen-bond acceptors (Lipinski definition) is 2. The van der Waals surface area contributed by atoms with E-state index in [1.807, 2.05) is 6.92 Å². The summed E-state index contributed by atoms with van der Waals surface area (Å²) in [5.41, 5.74) is 1.21. The molecule has 1 aliphatic heterocycles. The van der Waals surface area contributed by atoms with Gasteiger partial charge in [0.05, 0.1) is 10.5 Å². The monoisotopic (exact) mass is 271 g/mol. The lowest BCUT2D eigenvalue weighted by molar-refractivity contribution is -0.119. The van der Waals surface area contributed by atoms with Crippen LogP contribution in [-0.4, -0.2) is 11.8 Å². The maximum atomic E-state index is 13.6. The Balaban J connectivity index is 2.45. The van der Waals surface area contributed by atoms with Crippen LogP contribution in [-0.2, 0) is 11.2 Å². The van der Waals surface area contributed by atoms with Gasteiger partial charge in [-0.15, -0.1) is 0 Å². The Bertz CT molecular complexity index is 419. The molecule has 0 radical (unpaired) electrons. The highest BCUT2D eigenvalue weighted by molar-refractivity contribution is 9.10. The zero-order valence-corrected chi connectivity index (χ0v) is 9.90. The van der Waals surface area contributed by atoms with E-state index in [4.69, 9.17) is 0 Å². The van der Waals surface area contributed by atoms with Crippen molar-refractivity contribution >= 4 is 27.4 Å². The molecule has 1 aromatic rings. The third-order valence-electron chi connectivity index (χ3n) is 2.67.